The Hall–Kier alpha value is -2.23. The van der Waals surface area contributed by atoms with Crippen LogP contribution in [0.15, 0.2) is 27.4 Å². The molecule has 0 atom stereocenters. The van der Waals surface area contributed by atoms with Crippen molar-refractivity contribution in [3.05, 3.63) is 60.1 Å². The third-order valence-corrected chi connectivity index (χ3v) is 9.92. The van der Waals surface area contributed by atoms with E-state index in [9.17, 15) is 9.59 Å². The fourth-order valence-electron chi connectivity index (χ4n) is 5.03. The van der Waals surface area contributed by atoms with Crippen LogP contribution in [0.4, 0.5) is 0 Å². The van der Waals surface area contributed by atoms with E-state index in [0.29, 0.717) is 23.3 Å². The Balaban J connectivity index is 1.38. The SMILES string of the molecule is C=CCn1c(SCc2nc3sc4c(c3c(=O)[nH]2)CCCC4)nc2sc3c(c2c1=O)CCCC3. The van der Waals surface area contributed by atoms with E-state index in [1.54, 1.807) is 33.3 Å². The number of aryl methyl sites for hydroxylation is 4. The molecule has 0 saturated heterocycles. The molecule has 0 aromatic carbocycles. The molecule has 0 unspecified atom stereocenters. The van der Waals surface area contributed by atoms with Gasteiger partial charge in [-0.2, -0.15) is 0 Å². The first-order valence-electron chi connectivity index (χ1n) is 11.5. The first kappa shape index (κ1) is 21.3. The highest BCUT2D eigenvalue weighted by molar-refractivity contribution is 7.98. The van der Waals surface area contributed by atoms with Gasteiger partial charge in [-0.25, -0.2) is 9.97 Å². The highest BCUT2D eigenvalue weighted by atomic mass is 32.2. The van der Waals surface area contributed by atoms with Crippen molar-refractivity contribution in [1.82, 2.24) is 19.5 Å². The van der Waals surface area contributed by atoms with Gasteiger partial charge in [0.05, 0.1) is 16.5 Å². The van der Waals surface area contributed by atoms with Gasteiger partial charge in [0.2, 0.25) is 0 Å². The Morgan fingerprint density at radius 2 is 1.58 bits per heavy atom. The Kier molecular flexibility index (Phi) is 5.50. The minimum Gasteiger partial charge on any atom is -0.309 e. The summed E-state index contributed by atoms with van der Waals surface area (Å²) in [7, 11) is 0. The molecule has 0 saturated carbocycles. The molecular formula is C24H24N4O2S3. The smallest absolute Gasteiger partial charge is 0.263 e. The molecule has 9 heteroatoms. The van der Waals surface area contributed by atoms with Crippen LogP contribution in [0, 0.1) is 0 Å². The Bertz CT molecular complexity index is 1530. The van der Waals surface area contributed by atoms with Gasteiger partial charge in [-0.3, -0.25) is 14.2 Å². The largest absolute Gasteiger partial charge is 0.309 e. The van der Waals surface area contributed by atoms with Crippen LogP contribution in [0.5, 0.6) is 0 Å². The van der Waals surface area contributed by atoms with E-state index < -0.39 is 0 Å². The van der Waals surface area contributed by atoms with Gasteiger partial charge in [-0.15, -0.1) is 29.3 Å². The number of H-pyrrole nitrogens is 1. The maximum atomic E-state index is 13.4. The third kappa shape index (κ3) is 3.61. The molecule has 6 nitrogen and oxygen atoms in total. The molecule has 1 N–H and O–H groups in total. The summed E-state index contributed by atoms with van der Waals surface area (Å²) in [4.78, 5) is 43.2. The average Bonchev–Trinajstić information content (AvgIpc) is 3.38. The van der Waals surface area contributed by atoms with E-state index in [4.69, 9.17) is 9.97 Å². The van der Waals surface area contributed by atoms with Gasteiger partial charge in [0.25, 0.3) is 11.1 Å². The molecule has 0 bridgehead atoms. The van der Waals surface area contributed by atoms with E-state index in [0.717, 1.165) is 59.0 Å². The number of rotatable bonds is 5. The summed E-state index contributed by atoms with van der Waals surface area (Å²) in [5.74, 6) is 1.08. The Labute approximate surface area is 202 Å². The van der Waals surface area contributed by atoms with Gasteiger partial charge in [-0.1, -0.05) is 17.8 Å². The van der Waals surface area contributed by atoms with Crippen LogP contribution in [-0.4, -0.2) is 19.5 Å². The lowest BCUT2D eigenvalue weighted by Gasteiger charge is -2.12. The number of allylic oxidation sites excluding steroid dienone is 1. The maximum Gasteiger partial charge on any atom is 0.263 e. The summed E-state index contributed by atoms with van der Waals surface area (Å²) < 4.78 is 1.71. The number of hydrogen-bond acceptors (Lipinski definition) is 7. The van der Waals surface area contributed by atoms with Crippen LogP contribution >= 0.6 is 34.4 Å². The molecular weight excluding hydrogens is 472 g/mol. The summed E-state index contributed by atoms with van der Waals surface area (Å²) in [6.45, 7) is 4.25. The van der Waals surface area contributed by atoms with Gasteiger partial charge in [0, 0.05) is 16.3 Å². The molecule has 4 aromatic heterocycles. The zero-order valence-corrected chi connectivity index (χ0v) is 20.7. The zero-order valence-electron chi connectivity index (χ0n) is 18.2. The van der Waals surface area contributed by atoms with Gasteiger partial charge < -0.3 is 4.98 Å². The van der Waals surface area contributed by atoms with Gasteiger partial charge >= 0.3 is 0 Å². The number of nitrogens with one attached hydrogen (secondary N) is 1. The number of aromatic amines is 1. The minimum absolute atomic E-state index is 0.0182. The van der Waals surface area contributed by atoms with E-state index in [2.05, 4.69) is 11.6 Å². The van der Waals surface area contributed by atoms with E-state index in [-0.39, 0.29) is 11.1 Å². The number of fused-ring (bicyclic) bond motifs is 6. The monoisotopic (exact) mass is 496 g/mol. The molecule has 4 heterocycles. The number of hydrogen-bond donors (Lipinski definition) is 1. The second-order valence-corrected chi connectivity index (χ2v) is 11.8. The molecule has 0 spiro atoms. The molecule has 170 valence electrons. The van der Waals surface area contributed by atoms with Crippen LogP contribution in [0.3, 0.4) is 0 Å². The first-order chi connectivity index (χ1) is 16.1. The predicted molar refractivity (Wildman–Crippen MR) is 137 cm³/mol. The Morgan fingerprint density at radius 1 is 0.939 bits per heavy atom. The van der Waals surface area contributed by atoms with Gasteiger partial charge in [-0.05, 0) is 62.5 Å². The second kappa shape index (κ2) is 8.52. The molecule has 0 aliphatic heterocycles. The number of thiophene rings is 2. The molecule has 2 aliphatic rings. The number of nitrogens with zero attached hydrogens (tertiary/aromatic N) is 3. The highest BCUT2D eigenvalue weighted by Gasteiger charge is 2.23. The normalized spacial score (nSPS) is 15.6. The topological polar surface area (TPSA) is 80.6 Å². The predicted octanol–water partition coefficient (Wildman–Crippen LogP) is 4.99. The van der Waals surface area contributed by atoms with E-state index in [1.807, 2.05) is 0 Å². The van der Waals surface area contributed by atoms with E-state index >= 15 is 0 Å². The molecule has 2 aliphatic carbocycles. The molecule has 4 aromatic rings. The summed E-state index contributed by atoms with van der Waals surface area (Å²) >= 11 is 4.77. The summed E-state index contributed by atoms with van der Waals surface area (Å²) in [6, 6.07) is 0. The van der Waals surface area contributed by atoms with Crippen LogP contribution in [-0.2, 0) is 38.0 Å². The van der Waals surface area contributed by atoms with Crippen molar-refractivity contribution in [2.24, 2.45) is 0 Å². The lowest BCUT2D eigenvalue weighted by Crippen LogP contribution is -2.23. The third-order valence-electron chi connectivity index (χ3n) is 6.56. The summed E-state index contributed by atoms with van der Waals surface area (Å²) in [6.07, 6.45) is 10.4. The fraction of sp³-hybridized carbons (Fsp3) is 0.417. The van der Waals surface area contributed by atoms with Crippen molar-refractivity contribution in [1.29, 1.82) is 0 Å². The van der Waals surface area contributed by atoms with Crippen molar-refractivity contribution in [2.45, 2.75) is 68.8 Å². The highest BCUT2D eigenvalue weighted by Crippen LogP contribution is 2.36. The van der Waals surface area contributed by atoms with Crippen LogP contribution in [0.25, 0.3) is 20.4 Å². The zero-order chi connectivity index (χ0) is 22.5. The number of aromatic nitrogens is 4. The summed E-state index contributed by atoms with van der Waals surface area (Å²) in [5, 5.41) is 2.22. The van der Waals surface area contributed by atoms with Crippen molar-refractivity contribution in [3.8, 4) is 0 Å². The lowest BCUT2D eigenvalue weighted by molar-refractivity contribution is 0.668. The van der Waals surface area contributed by atoms with Crippen LogP contribution in [0.1, 0.15) is 52.4 Å². The van der Waals surface area contributed by atoms with Crippen molar-refractivity contribution in [2.75, 3.05) is 0 Å². The lowest BCUT2D eigenvalue weighted by atomic mass is 9.97. The first-order valence-corrected chi connectivity index (χ1v) is 14.1. The summed E-state index contributed by atoms with van der Waals surface area (Å²) in [5.41, 5.74) is 2.37. The van der Waals surface area contributed by atoms with Crippen LogP contribution < -0.4 is 11.1 Å². The standard InChI is InChI=1S/C24H24N4O2S3/c1-2-11-28-23(30)19-14-8-4-6-10-16(14)33-22(19)27-24(28)31-12-17-25-20(29)18-13-7-3-5-9-15(13)32-21(18)26-17/h2H,1,3-12H2,(H,25,26,29). The van der Waals surface area contributed by atoms with Gasteiger partial charge in [0.1, 0.15) is 15.5 Å². The number of thioether (sulfide) groups is 1. The van der Waals surface area contributed by atoms with Crippen molar-refractivity contribution >= 4 is 54.9 Å². The van der Waals surface area contributed by atoms with Crippen LogP contribution in [0.2, 0.25) is 0 Å². The second-order valence-electron chi connectivity index (χ2n) is 8.68. The molecule has 33 heavy (non-hydrogen) atoms. The average molecular weight is 497 g/mol. The van der Waals surface area contributed by atoms with Gasteiger partial charge in [0.15, 0.2) is 5.16 Å². The molecule has 0 radical (unpaired) electrons. The molecule has 0 fully saturated rings. The molecule has 0 amide bonds. The van der Waals surface area contributed by atoms with E-state index in [1.165, 1.54) is 45.5 Å². The molecule has 6 rings (SSSR count). The maximum absolute atomic E-state index is 13.4. The Morgan fingerprint density at radius 3 is 2.27 bits per heavy atom. The fourth-order valence-corrected chi connectivity index (χ4v) is 8.49. The van der Waals surface area contributed by atoms with Crippen molar-refractivity contribution in [3.63, 3.8) is 0 Å². The minimum atomic E-state index is -0.0483. The van der Waals surface area contributed by atoms with Crippen molar-refractivity contribution < 1.29 is 0 Å². The quantitative estimate of drug-likeness (QED) is 0.239.